The summed E-state index contributed by atoms with van der Waals surface area (Å²) >= 11 is 0. The lowest BCUT2D eigenvalue weighted by atomic mass is 9.73. The maximum Gasteiger partial charge on any atom is 0.354 e. The number of aromatic nitrogens is 4. The maximum atomic E-state index is 11.9. The van der Waals surface area contributed by atoms with Gasteiger partial charge in [-0.15, -0.1) is 0 Å². The van der Waals surface area contributed by atoms with Gasteiger partial charge >= 0.3 is 5.97 Å². The minimum atomic E-state index is -1.06. The molecule has 8 nitrogen and oxygen atoms in total. The van der Waals surface area contributed by atoms with E-state index in [9.17, 15) is 9.90 Å². The molecular formula is C34H42N4O4. The molecule has 0 atom stereocenters. The number of carboxylic acid groups (broad SMARTS) is 1. The van der Waals surface area contributed by atoms with Gasteiger partial charge in [-0.3, -0.25) is 0 Å². The van der Waals surface area contributed by atoms with Crippen LogP contribution in [0.25, 0.3) is 33.3 Å². The van der Waals surface area contributed by atoms with Gasteiger partial charge in [-0.05, 0) is 82.9 Å². The van der Waals surface area contributed by atoms with Gasteiger partial charge < -0.3 is 18.9 Å². The van der Waals surface area contributed by atoms with Crippen molar-refractivity contribution in [3.05, 3.63) is 47.2 Å². The molecule has 0 spiro atoms. The van der Waals surface area contributed by atoms with Gasteiger partial charge in [-0.25, -0.2) is 14.8 Å². The summed E-state index contributed by atoms with van der Waals surface area (Å²) in [6.45, 7) is 8.11. The van der Waals surface area contributed by atoms with E-state index in [0.717, 1.165) is 50.3 Å². The van der Waals surface area contributed by atoms with Gasteiger partial charge in [0.25, 0.3) is 0 Å². The summed E-state index contributed by atoms with van der Waals surface area (Å²) in [7, 11) is 0. The summed E-state index contributed by atoms with van der Waals surface area (Å²) in [5.74, 6) is 1.29. The summed E-state index contributed by atoms with van der Waals surface area (Å²) in [5.41, 5.74) is 6.32. The normalized spacial score (nSPS) is 16.9. The molecule has 2 saturated carbocycles. The molecule has 42 heavy (non-hydrogen) atoms. The molecular weight excluding hydrogens is 528 g/mol. The van der Waals surface area contributed by atoms with E-state index in [4.69, 9.17) is 14.2 Å². The summed E-state index contributed by atoms with van der Waals surface area (Å²) in [6, 6.07) is 4.22. The van der Waals surface area contributed by atoms with Crippen molar-refractivity contribution in [2.75, 3.05) is 6.61 Å². The van der Waals surface area contributed by atoms with Crippen molar-refractivity contribution in [3.63, 3.8) is 0 Å². The predicted octanol–water partition coefficient (Wildman–Crippen LogP) is 8.48. The molecule has 4 aromatic heterocycles. The first kappa shape index (κ1) is 28.4. The smallest absolute Gasteiger partial charge is 0.354 e. The molecule has 0 amide bonds. The van der Waals surface area contributed by atoms with E-state index < -0.39 is 5.97 Å². The molecule has 0 bridgehead atoms. The Morgan fingerprint density at radius 3 is 2.26 bits per heavy atom. The number of hydrogen-bond donors (Lipinski definition) is 1. The molecule has 1 N–H and O–H groups in total. The zero-order chi connectivity index (χ0) is 29.4. The number of aromatic carboxylic acids is 1. The second kappa shape index (κ2) is 11.9. The highest BCUT2D eigenvalue weighted by molar-refractivity contribution is 5.99. The topological polar surface area (TPSA) is 103 Å². The van der Waals surface area contributed by atoms with E-state index in [-0.39, 0.29) is 5.69 Å². The Kier molecular flexibility index (Phi) is 8.06. The van der Waals surface area contributed by atoms with Crippen molar-refractivity contribution in [2.45, 2.75) is 97.9 Å². The number of rotatable bonds is 8. The van der Waals surface area contributed by atoms with Crippen LogP contribution in [0.5, 0.6) is 5.88 Å². The van der Waals surface area contributed by atoms with Gasteiger partial charge in [0, 0.05) is 46.1 Å². The average molecular weight is 571 g/mol. The number of aryl methyl sites for hydroxylation is 3. The van der Waals surface area contributed by atoms with Crippen molar-refractivity contribution >= 4 is 17.0 Å². The van der Waals surface area contributed by atoms with E-state index in [1.807, 2.05) is 33.9 Å². The molecule has 2 fully saturated rings. The minimum Gasteiger partial charge on any atom is -0.477 e. The fraction of sp³-hybridized carbons (Fsp3) is 0.529. The Bertz CT molecular complexity index is 1550. The summed E-state index contributed by atoms with van der Waals surface area (Å²) < 4.78 is 14.0. The molecule has 0 aromatic carbocycles. The molecule has 6 rings (SSSR count). The first-order chi connectivity index (χ1) is 20.4. The number of fused-ring (bicyclic) bond motifs is 1. The van der Waals surface area contributed by atoms with Crippen LogP contribution in [0, 0.1) is 32.6 Å². The van der Waals surface area contributed by atoms with Crippen LogP contribution in [-0.2, 0) is 0 Å². The molecule has 0 radical (unpaired) electrons. The largest absolute Gasteiger partial charge is 0.477 e. The van der Waals surface area contributed by atoms with Gasteiger partial charge in [0.1, 0.15) is 11.4 Å². The van der Waals surface area contributed by atoms with Crippen LogP contribution in [0.1, 0.15) is 105 Å². The number of ether oxygens (including phenoxy) is 1. The zero-order valence-electron chi connectivity index (χ0n) is 25.3. The standard InChI is InChI=1S/C34H42N4O4/c1-5-41-33-29(20(2)16-28(36-33)34(39)40)27-19-38(31(23-12-8-6-9-13-23)24-14-10-7-11-15-24)32-26(27)17-25(18-35-32)30-21(3)37-42-22(30)4/h16-19,23-24,31H,5-15H2,1-4H3,(H,39,40). The van der Waals surface area contributed by atoms with Crippen LogP contribution < -0.4 is 4.74 Å². The third-order valence-corrected chi connectivity index (χ3v) is 9.53. The Morgan fingerprint density at radius 1 is 1.02 bits per heavy atom. The van der Waals surface area contributed by atoms with Gasteiger partial charge in [0.05, 0.1) is 12.3 Å². The molecule has 4 aromatic rings. The lowest BCUT2D eigenvalue weighted by molar-refractivity contribution is 0.0689. The maximum absolute atomic E-state index is 11.9. The van der Waals surface area contributed by atoms with E-state index in [1.165, 1.54) is 64.2 Å². The summed E-state index contributed by atoms with van der Waals surface area (Å²) in [5, 5.41) is 15.0. The minimum absolute atomic E-state index is 0.0136. The van der Waals surface area contributed by atoms with E-state index in [1.54, 1.807) is 6.07 Å². The van der Waals surface area contributed by atoms with E-state index >= 15 is 0 Å². The van der Waals surface area contributed by atoms with Gasteiger partial charge in [0.15, 0.2) is 5.69 Å². The predicted molar refractivity (Wildman–Crippen MR) is 163 cm³/mol. The van der Waals surface area contributed by atoms with Crippen LogP contribution in [0.4, 0.5) is 0 Å². The molecule has 222 valence electrons. The monoisotopic (exact) mass is 570 g/mol. The lowest BCUT2D eigenvalue weighted by Gasteiger charge is -2.39. The van der Waals surface area contributed by atoms with Crippen molar-refractivity contribution in [1.29, 1.82) is 0 Å². The second-order valence-electron chi connectivity index (χ2n) is 12.3. The van der Waals surface area contributed by atoms with Crippen molar-refractivity contribution < 1.29 is 19.2 Å². The van der Waals surface area contributed by atoms with Crippen LogP contribution in [0.3, 0.4) is 0 Å². The third-order valence-electron chi connectivity index (χ3n) is 9.53. The van der Waals surface area contributed by atoms with Crippen molar-refractivity contribution in [1.82, 2.24) is 19.7 Å². The van der Waals surface area contributed by atoms with Crippen LogP contribution in [-0.4, -0.2) is 37.4 Å². The molecule has 4 heterocycles. The number of carboxylic acids is 1. The first-order valence-electron chi connectivity index (χ1n) is 15.7. The number of carbonyl (C=O) groups is 1. The van der Waals surface area contributed by atoms with Gasteiger partial charge in [-0.2, -0.15) is 0 Å². The summed E-state index contributed by atoms with van der Waals surface area (Å²) in [6.07, 6.45) is 17.1. The summed E-state index contributed by atoms with van der Waals surface area (Å²) in [4.78, 5) is 21.5. The van der Waals surface area contributed by atoms with Crippen molar-refractivity contribution in [2.24, 2.45) is 11.8 Å². The highest BCUT2D eigenvalue weighted by atomic mass is 16.5. The zero-order valence-corrected chi connectivity index (χ0v) is 25.3. The van der Waals surface area contributed by atoms with Gasteiger partial charge in [-0.1, -0.05) is 43.7 Å². The van der Waals surface area contributed by atoms with E-state index in [2.05, 4.69) is 27.0 Å². The van der Waals surface area contributed by atoms with Crippen molar-refractivity contribution in [3.8, 4) is 28.1 Å². The number of nitrogens with zero attached hydrogens (tertiary/aromatic N) is 4. The molecule has 8 heteroatoms. The fourth-order valence-corrected chi connectivity index (χ4v) is 7.70. The Labute approximate surface area is 247 Å². The molecule has 2 aliphatic carbocycles. The molecule has 0 aliphatic heterocycles. The third kappa shape index (κ3) is 5.20. The van der Waals surface area contributed by atoms with Crippen LogP contribution in [0.15, 0.2) is 29.0 Å². The highest BCUT2D eigenvalue weighted by Gasteiger charge is 2.35. The van der Waals surface area contributed by atoms with Crippen LogP contribution in [0.2, 0.25) is 0 Å². The number of hydrogen-bond acceptors (Lipinski definition) is 6. The lowest BCUT2D eigenvalue weighted by Crippen LogP contribution is -2.30. The quantitative estimate of drug-likeness (QED) is 0.227. The Morgan fingerprint density at radius 2 is 1.69 bits per heavy atom. The van der Waals surface area contributed by atoms with E-state index in [0.29, 0.717) is 30.4 Å². The first-order valence-corrected chi connectivity index (χ1v) is 15.7. The Balaban J connectivity index is 1.61. The highest BCUT2D eigenvalue weighted by Crippen LogP contribution is 2.47. The second-order valence-corrected chi connectivity index (χ2v) is 12.3. The Hall–Kier alpha value is -3.68. The molecule has 2 aliphatic rings. The molecule has 0 unspecified atom stereocenters. The van der Waals surface area contributed by atoms with Crippen LogP contribution >= 0.6 is 0 Å². The SMILES string of the molecule is CCOc1nc(C(=O)O)cc(C)c1-c1cn(C(C2CCCCC2)C2CCCCC2)c2ncc(-c3c(C)noc3C)cc12. The van der Waals surface area contributed by atoms with Gasteiger partial charge in [0.2, 0.25) is 5.88 Å². The molecule has 0 saturated heterocycles. The fourth-order valence-electron chi connectivity index (χ4n) is 7.70. The average Bonchev–Trinajstić information content (AvgIpc) is 3.52. The number of pyridine rings is 2.